The Labute approximate surface area is 131 Å². The lowest BCUT2D eigenvalue weighted by Crippen LogP contribution is -2.46. The Bertz CT molecular complexity index is 412. The Morgan fingerprint density at radius 2 is 2.10 bits per heavy atom. The summed E-state index contributed by atoms with van der Waals surface area (Å²) in [4.78, 5) is 0. The summed E-state index contributed by atoms with van der Waals surface area (Å²) in [6.45, 7) is 3.30. The van der Waals surface area contributed by atoms with E-state index in [1.165, 1.54) is 35.7 Å². The van der Waals surface area contributed by atoms with Crippen molar-refractivity contribution in [3.63, 3.8) is 0 Å². The number of rotatable bonds is 8. The maximum absolute atomic E-state index is 5.80. The van der Waals surface area contributed by atoms with Crippen molar-refractivity contribution in [2.24, 2.45) is 0 Å². The highest BCUT2D eigenvalue weighted by atomic mass is 79.9. The van der Waals surface area contributed by atoms with Gasteiger partial charge in [-0.1, -0.05) is 41.1 Å². The van der Waals surface area contributed by atoms with E-state index in [4.69, 9.17) is 4.74 Å². The zero-order valence-electron chi connectivity index (χ0n) is 12.6. The van der Waals surface area contributed by atoms with E-state index in [9.17, 15) is 0 Å². The molecule has 0 saturated heterocycles. The van der Waals surface area contributed by atoms with Crippen molar-refractivity contribution in [2.45, 2.75) is 57.1 Å². The lowest BCUT2D eigenvalue weighted by atomic mass is 9.75. The summed E-state index contributed by atoms with van der Waals surface area (Å²) < 4.78 is 7.01. The minimum Gasteiger partial charge on any atom is -0.378 e. The molecule has 0 radical (unpaired) electrons. The van der Waals surface area contributed by atoms with Gasteiger partial charge in [0.25, 0.3) is 0 Å². The molecule has 0 aromatic heterocycles. The maximum Gasteiger partial charge on any atom is 0.0693 e. The molecule has 1 fully saturated rings. The summed E-state index contributed by atoms with van der Waals surface area (Å²) in [6, 6.07) is 9.03. The largest absolute Gasteiger partial charge is 0.378 e. The molecule has 0 heterocycles. The highest BCUT2D eigenvalue weighted by molar-refractivity contribution is 9.10. The number of halogens is 1. The fraction of sp³-hybridized carbons (Fsp3) is 0.647. The van der Waals surface area contributed by atoms with E-state index in [2.05, 4.69) is 52.4 Å². The second-order valence-corrected chi connectivity index (χ2v) is 6.75. The third-order valence-electron chi connectivity index (χ3n) is 4.42. The second kappa shape index (κ2) is 7.58. The molecule has 1 aliphatic carbocycles. The molecule has 20 heavy (non-hydrogen) atoms. The Kier molecular flexibility index (Phi) is 6.06. The van der Waals surface area contributed by atoms with Crippen LogP contribution in [0.25, 0.3) is 0 Å². The lowest BCUT2D eigenvalue weighted by molar-refractivity contribution is -0.0834. The van der Waals surface area contributed by atoms with Crippen LogP contribution in [-0.2, 0) is 11.2 Å². The van der Waals surface area contributed by atoms with Crippen LogP contribution in [0.15, 0.2) is 28.7 Å². The molecule has 2 nitrogen and oxygen atoms in total. The van der Waals surface area contributed by atoms with E-state index in [-0.39, 0.29) is 5.60 Å². The quantitative estimate of drug-likeness (QED) is 0.761. The average Bonchev–Trinajstić information content (AvgIpc) is 2.42. The molecule has 1 N–H and O–H groups in total. The van der Waals surface area contributed by atoms with Crippen molar-refractivity contribution < 1.29 is 4.74 Å². The Balaban J connectivity index is 2.01. The summed E-state index contributed by atoms with van der Waals surface area (Å²) in [7, 11) is 1.87. The van der Waals surface area contributed by atoms with Gasteiger partial charge in [0.05, 0.1) is 5.60 Å². The first-order valence-corrected chi connectivity index (χ1v) is 8.50. The van der Waals surface area contributed by atoms with Crippen LogP contribution in [-0.4, -0.2) is 25.3 Å². The van der Waals surface area contributed by atoms with Crippen LogP contribution in [0.1, 0.15) is 44.6 Å². The van der Waals surface area contributed by atoms with Crippen LogP contribution in [0, 0.1) is 0 Å². The number of hydrogen-bond acceptors (Lipinski definition) is 2. The monoisotopic (exact) mass is 339 g/mol. The highest BCUT2D eigenvalue weighted by Crippen LogP contribution is 2.39. The molecule has 0 aliphatic heterocycles. The predicted molar refractivity (Wildman–Crippen MR) is 88.1 cm³/mol. The lowest BCUT2D eigenvalue weighted by Gasteiger charge is -2.43. The van der Waals surface area contributed by atoms with Crippen LogP contribution in [0.2, 0.25) is 0 Å². The third kappa shape index (κ3) is 4.06. The molecule has 2 rings (SSSR count). The predicted octanol–water partition coefficient (Wildman–Crippen LogP) is 4.32. The fourth-order valence-electron chi connectivity index (χ4n) is 3.01. The van der Waals surface area contributed by atoms with Crippen molar-refractivity contribution in [1.29, 1.82) is 0 Å². The molecule has 112 valence electrons. The van der Waals surface area contributed by atoms with E-state index in [1.54, 1.807) is 0 Å². The molecule has 1 aliphatic rings. The smallest absolute Gasteiger partial charge is 0.0693 e. The Hall–Kier alpha value is -0.380. The van der Waals surface area contributed by atoms with E-state index in [1.807, 2.05) is 7.11 Å². The second-order valence-electron chi connectivity index (χ2n) is 5.89. The number of ether oxygens (including phenoxy) is 1. The normalized spacial score (nSPS) is 18.6. The van der Waals surface area contributed by atoms with Gasteiger partial charge < -0.3 is 10.1 Å². The van der Waals surface area contributed by atoms with E-state index >= 15 is 0 Å². The zero-order chi connectivity index (χ0) is 14.4. The molecular weight excluding hydrogens is 314 g/mol. The SMILES string of the molecule is CCCNC(Cc1ccccc1Br)CC1(OC)CCC1. The molecule has 0 bridgehead atoms. The van der Waals surface area contributed by atoms with Gasteiger partial charge in [0.2, 0.25) is 0 Å². The van der Waals surface area contributed by atoms with Gasteiger partial charge in [-0.25, -0.2) is 0 Å². The van der Waals surface area contributed by atoms with Crippen molar-refractivity contribution in [3.05, 3.63) is 34.3 Å². The molecule has 1 aromatic rings. The Morgan fingerprint density at radius 1 is 1.35 bits per heavy atom. The van der Waals surface area contributed by atoms with Gasteiger partial charge >= 0.3 is 0 Å². The van der Waals surface area contributed by atoms with Gasteiger partial charge in [-0.2, -0.15) is 0 Å². The van der Waals surface area contributed by atoms with Crippen LogP contribution >= 0.6 is 15.9 Å². The first kappa shape index (κ1) is 16.0. The third-order valence-corrected chi connectivity index (χ3v) is 5.20. The van der Waals surface area contributed by atoms with E-state index in [0.717, 1.165) is 19.4 Å². The van der Waals surface area contributed by atoms with Gasteiger partial charge in [-0.05, 0) is 56.7 Å². The van der Waals surface area contributed by atoms with E-state index < -0.39 is 0 Å². The number of nitrogens with one attached hydrogen (secondary N) is 1. The van der Waals surface area contributed by atoms with Gasteiger partial charge in [0, 0.05) is 17.6 Å². The van der Waals surface area contributed by atoms with Gasteiger partial charge in [-0.3, -0.25) is 0 Å². The molecule has 1 saturated carbocycles. The van der Waals surface area contributed by atoms with Crippen LogP contribution < -0.4 is 5.32 Å². The summed E-state index contributed by atoms with van der Waals surface area (Å²) in [5.41, 5.74) is 1.51. The van der Waals surface area contributed by atoms with Crippen molar-refractivity contribution in [3.8, 4) is 0 Å². The number of benzene rings is 1. The van der Waals surface area contributed by atoms with Gasteiger partial charge in [0.15, 0.2) is 0 Å². The summed E-state index contributed by atoms with van der Waals surface area (Å²) in [5, 5.41) is 3.70. The number of methoxy groups -OCH3 is 1. The van der Waals surface area contributed by atoms with E-state index in [0.29, 0.717) is 6.04 Å². The van der Waals surface area contributed by atoms with Crippen LogP contribution in [0.3, 0.4) is 0 Å². The molecule has 1 aromatic carbocycles. The Morgan fingerprint density at radius 3 is 2.65 bits per heavy atom. The minimum absolute atomic E-state index is 0.132. The summed E-state index contributed by atoms with van der Waals surface area (Å²) in [6.07, 6.45) is 7.08. The van der Waals surface area contributed by atoms with Crippen LogP contribution in [0.4, 0.5) is 0 Å². The van der Waals surface area contributed by atoms with Crippen LogP contribution in [0.5, 0.6) is 0 Å². The van der Waals surface area contributed by atoms with Crippen molar-refractivity contribution in [1.82, 2.24) is 5.32 Å². The standard InChI is InChI=1S/C17H26BrNO/c1-3-11-19-15(13-17(20-2)9-6-10-17)12-14-7-4-5-8-16(14)18/h4-5,7-8,15,19H,3,6,9-13H2,1-2H3. The highest BCUT2D eigenvalue weighted by Gasteiger charge is 2.38. The van der Waals surface area contributed by atoms with Gasteiger partial charge in [0.1, 0.15) is 0 Å². The van der Waals surface area contributed by atoms with Gasteiger partial charge in [-0.15, -0.1) is 0 Å². The first-order valence-electron chi connectivity index (χ1n) is 7.71. The number of hydrogen-bond donors (Lipinski definition) is 1. The summed E-state index contributed by atoms with van der Waals surface area (Å²) in [5.74, 6) is 0. The molecule has 1 unspecified atom stereocenters. The molecule has 0 spiro atoms. The minimum atomic E-state index is 0.132. The first-order chi connectivity index (χ1) is 9.69. The zero-order valence-corrected chi connectivity index (χ0v) is 14.2. The summed E-state index contributed by atoms with van der Waals surface area (Å²) >= 11 is 3.66. The molecular formula is C17H26BrNO. The topological polar surface area (TPSA) is 21.3 Å². The molecule has 1 atom stereocenters. The van der Waals surface area contributed by atoms with Crippen molar-refractivity contribution in [2.75, 3.05) is 13.7 Å². The average molecular weight is 340 g/mol. The fourth-order valence-corrected chi connectivity index (χ4v) is 3.45. The molecule has 3 heteroatoms. The van der Waals surface area contributed by atoms with Crippen molar-refractivity contribution >= 4 is 15.9 Å². The maximum atomic E-state index is 5.80. The molecule has 0 amide bonds.